The number of carbonyl (C=O) groups is 1. The van der Waals surface area contributed by atoms with E-state index in [2.05, 4.69) is 31.2 Å². The molecule has 1 heteroatoms. The van der Waals surface area contributed by atoms with Gasteiger partial charge in [0, 0.05) is 12.3 Å². The maximum Gasteiger partial charge on any atom is 0.137 e. The van der Waals surface area contributed by atoms with E-state index < -0.39 is 0 Å². The van der Waals surface area contributed by atoms with Gasteiger partial charge in [-0.1, -0.05) is 49.4 Å². The van der Waals surface area contributed by atoms with Crippen LogP contribution in [0.15, 0.2) is 36.4 Å². The molecule has 1 aromatic rings. The maximum atomic E-state index is 11.0. The molecule has 0 aromatic heterocycles. The fraction of sp³-hybridized carbons (Fsp3) is 0.400. The molecule has 2 rings (SSSR count). The normalized spacial score (nSPS) is 21.3. The summed E-state index contributed by atoms with van der Waals surface area (Å²) >= 11 is 0. The van der Waals surface area contributed by atoms with Crippen LogP contribution >= 0.6 is 0 Å². The van der Waals surface area contributed by atoms with Crippen molar-refractivity contribution in [2.45, 2.75) is 26.2 Å². The second-order valence-electron chi connectivity index (χ2n) is 4.54. The third kappa shape index (κ3) is 3.06. The monoisotopic (exact) mass is 214 g/mol. The molecule has 0 spiro atoms. The Kier molecular flexibility index (Phi) is 3.55. The summed E-state index contributed by atoms with van der Waals surface area (Å²) in [7, 11) is 0. The highest BCUT2D eigenvalue weighted by atomic mass is 16.1. The summed E-state index contributed by atoms with van der Waals surface area (Å²) in [6.45, 7) is 2.19. The van der Waals surface area contributed by atoms with Crippen molar-refractivity contribution in [2.24, 2.45) is 11.8 Å². The van der Waals surface area contributed by atoms with Gasteiger partial charge in [0.15, 0.2) is 0 Å². The molecule has 1 nitrogen and oxygen atoms in total. The van der Waals surface area contributed by atoms with Crippen LogP contribution in [0.3, 0.4) is 0 Å². The highest BCUT2D eigenvalue weighted by Gasteiger charge is 2.35. The number of ketones is 1. The second-order valence-corrected chi connectivity index (χ2v) is 4.54. The molecule has 84 valence electrons. The van der Waals surface area contributed by atoms with Crippen molar-refractivity contribution >= 4 is 11.9 Å². The first-order chi connectivity index (χ1) is 7.79. The molecular weight excluding hydrogens is 196 g/mol. The predicted molar refractivity (Wildman–Crippen MR) is 67.0 cm³/mol. The Labute approximate surface area is 97.2 Å². The molecule has 0 N–H and O–H groups in total. The molecule has 0 saturated heterocycles. The zero-order valence-electron chi connectivity index (χ0n) is 9.73. The van der Waals surface area contributed by atoms with Crippen LogP contribution in [0.2, 0.25) is 0 Å². The predicted octanol–water partition coefficient (Wildman–Crippen LogP) is 3.71. The Morgan fingerprint density at radius 3 is 2.62 bits per heavy atom. The first kappa shape index (κ1) is 11.1. The summed E-state index contributed by atoms with van der Waals surface area (Å²) in [5.74, 6) is 1.37. The molecule has 1 aromatic carbocycles. The van der Waals surface area contributed by atoms with Gasteiger partial charge in [-0.2, -0.15) is 0 Å². The average molecular weight is 214 g/mol. The van der Waals surface area contributed by atoms with Crippen molar-refractivity contribution in [3.63, 3.8) is 0 Å². The largest absolute Gasteiger partial charge is 0.299 e. The Morgan fingerprint density at radius 2 is 2.06 bits per heavy atom. The lowest BCUT2D eigenvalue weighted by Gasteiger charge is -2.07. The average Bonchev–Trinajstić information content (AvgIpc) is 3.01. The van der Waals surface area contributed by atoms with Crippen LogP contribution in [0.4, 0.5) is 0 Å². The Hall–Kier alpha value is -1.37. The van der Waals surface area contributed by atoms with Crippen molar-refractivity contribution in [1.82, 2.24) is 0 Å². The quantitative estimate of drug-likeness (QED) is 0.730. The van der Waals surface area contributed by atoms with Crippen molar-refractivity contribution in [1.29, 1.82) is 0 Å². The van der Waals surface area contributed by atoms with E-state index in [1.807, 2.05) is 18.2 Å². The van der Waals surface area contributed by atoms with E-state index >= 15 is 0 Å². The van der Waals surface area contributed by atoms with Crippen LogP contribution in [-0.4, -0.2) is 5.78 Å². The van der Waals surface area contributed by atoms with Gasteiger partial charge >= 0.3 is 0 Å². The van der Waals surface area contributed by atoms with Gasteiger partial charge in [-0.05, 0) is 24.3 Å². The van der Waals surface area contributed by atoms with Gasteiger partial charge in [0.2, 0.25) is 0 Å². The van der Waals surface area contributed by atoms with Crippen LogP contribution in [0.1, 0.15) is 31.7 Å². The molecule has 0 bridgehead atoms. The Morgan fingerprint density at radius 1 is 1.38 bits per heavy atom. The molecular formula is C15H18O. The van der Waals surface area contributed by atoms with Gasteiger partial charge in [0.05, 0.1) is 0 Å². The fourth-order valence-electron chi connectivity index (χ4n) is 1.96. The molecule has 1 aliphatic carbocycles. The smallest absolute Gasteiger partial charge is 0.137 e. The molecule has 0 aliphatic heterocycles. The molecule has 1 aliphatic rings. The van der Waals surface area contributed by atoms with Crippen molar-refractivity contribution in [3.8, 4) is 0 Å². The molecule has 16 heavy (non-hydrogen) atoms. The lowest BCUT2D eigenvalue weighted by molar-refractivity contribution is -0.111. The molecule has 2 atom stereocenters. The highest BCUT2D eigenvalue weighted by molar-refractivity contribution is 5.95. The minimum atomic E-state index is 0.366. The summed E-state index contributed by atoms with van der Waals surface area (Å²) in [6.07, 6.45) is 7.39. The van der Waals surface area contributed by atoms with Crippen LogP contribution in [0, 0.1) is 11.8 Å². The topological polar surface area (TPSA) is 17.1 Å². The highest BCUT2D eigenvalue weighted by Crippen LogP contribution is 2.32. The minimum absolute atomic E-state index is 0.366. The van der Waals surface area contributed by atoms with Gasteiger partial charge in [-0.15, -0.1) is 0 Å². The van der Waals surface area contributed by atoms with Crippen molar-refractivity contribution < 1.29 is 4.79 Å². The standard InChI is InChI=1S/C15H18O/c1-2-12(10-14-11-15(14)16)8-9-13-6-4-3-5-7-13/h3-9,12,14H,2,10-11H2,1H3/b9-8+. The zero-order chi connectivity index (χ0) is 11.4. The second kappa shape index (κ2) is 5.11. The van der Waals surface area contributed by atoms with Crippen LogP contribution < -0.4 is 0 Å². The molecule has 2 unspecified atom stereocenters. The third-order valence-electron chi connectivity index (χ3n) is 3.21. The minimum Gasteiger partial charge on any atom is -0.299 e. The lowest BCUT2D eigenvalue weighted by atomic mass is 9.98. The number of allylic oxidation sites excluding steroid dienone is 1. The van der Waals surface area contributed by atoms with Gasteiger partial charge < -0.3 is 0 Å². The summed E-state index contributed by atoms with van der Waals surface area (Å²) in [6, 6.07) is 10.3. The first-order valence-corrected chi connectivity index (χ1v) is 6.05. The summed E-state index contributed by atoms with van der Waals surface area (Å²) < 4.78 is 0. The van der Waals surface area contributed by atoms with Crippen molar-refractivity contribution in [2.75, 3.05) is 0 Å². The van der Waals surface area contributed by atoms with E-state index in [0.29, 0.717) is 17.6 Å². The van der Waals surface area contributed by atoms with Crippen LogP contribution in [0.25, 0.3) is 6.08 Å². The SMILES string of the molecule is CCC(/C=C/c1ccccc1)CC1CC1=O. The van der Waals surface area contributed by atoms with E-state index in [-0.39, 0.29) is 0 Å². The van der Waals surface area contributed by atoms with E-state index in [4.69, 9.17) is 0 Å². The lowest BCUT2D eigenvalue weighted by Crippen LogP contribution is -1.96. The maximum absolute atomic E-state index is 11.0. The number of hydrogen-bond donors (Lipinski definition) is 0. The number of rotatable bonds is 5. The summed E-state index contributed by atoms with van der Waals surface area (Å²) in [5, 5.41) is 0. The van der Waals surface area contributed by atoms with E-state index in [1.165, 1.54) is 5.56 Å². The van der Waals surface area contributed by atoms with Crippen molar-refractivity contribution in [3.05, 3.63) is 42.0 Å². The molecule has 0 amide bonds. The molecule has 1 saturated carbocycles. The number of benzene rings is 1. The van der Waals surface area contributed by atoms with Gasteiger partial charge in [0.25, 0.3) is 0 Å². The molecule has 0 radical (unpaired) electrons. The summed E-state index contributed by atoms with van der Waals surface area (Å²) in [5.41, 5.74) is 1.24. The van der Waals surface area contributed by atoms with Crippen LogP contribution in [-0.2, 0) is 4.79 Å². The molecule has 1 fully saturated rings. The van der Waals surface area contributed by atoms with E-state index in [0.717, 1.165) is 19.3 Å². The number of hydrogen-bond acceptors (Lipinski definition) is 1. The fourth-order valence-corrected chi connectivity index (χ4v) is 1.96. The Balaban J connectivity index is 1.90. The first-order valence-electron chi connectivity index (χ1n) is 6.05. The summed E-state index contributed by atoms with van der Waals surface area (Å²) in [4.78, 5) is 11.0. The molecule has 0 heterocycles. The number of Topliss-reactive ketones (excluding diaryl/α,β-unsaturated/α-hetero) is 1. The van der Waals surface area contributed by atoms with Gasteiger partial charge in [-0.3, -0.25) is 4.79 Å². The van der Waals surface area contributed by atoms with E-state index in [1.54, 1.807) is 0 Å². The Bertz CT molecular complexity index is 378. The zero-order valence-corrected chi connectivity index (χ0v) is 9.73. The van der Waals surface area contributed by atoms with Gasteiger partial charge in [-0.25, -0.2) is 0 Å². The van der Waals surface area contributed by atoms with E-state index in [9.17, 15) is 4.79 Å². The number of carbonyl (C=O) groups excluding carboxylic acids is 1. The third-order valence-corrected chi connectivity index (χ3v) is 3.21. The van der Waals surface area contributed by atoms with Gasteiger partial charge in [0.1, 0.15) is 5.78 Å². The van der Waals surface area contributed by atoms with Crippen LogP contribution in [0.5, 0.6) is 0 Å².